The van der Waals surface area contributed by atoms with Crippen LogP contribution in [0.25, 0.3) is 0 Å². The molecule has 1 N–H and O–H groups in total. The molecule has 1 aromatic rings. The summed E-state index contributed by atoms with van der Waals surface area (Å²) in [4.78, 5) is 27.8. The normalized spacial score (nSPS) is 22.2. The van der Waals surface area contributed by atoms with Gasteiger partial charge in [0.15, 0.2) is 0 Å². The molecule has 1 heterocycles. The van der Waals surface area contributed by atoms with Gasteiger partial charge in [-0.1, -0.05) is 30.3 Å². The highest BCUT2D eigenvalue weighted by Gasteiger charge is 2.33. The Kier molecular flexibility index (Phi) is 7.44. The number of carbonyl (C=O) groups is 2. The number of nitrogens with zero attached hydrogens (tertiary/aromatic N) is 2. The first-order valence-corrected chi connectivity index (χ1v) is 9.34. The smallest absolute Gasteiger partial charge is 0.226 e. The summed E-state index contributed by atoms with van der Waals surface area (Å²) in [5, 5.41) is 2.95. The van der Waals surface area contributed by atoms with Crippen molar-refractivity contribution < 1.29 is 9.59 Å². The van der Waals surface area contributed by atoms with Crippen LogP contribution in [0.15, 0.2) is 30.3 Å². The van der Waals surface area contributed by atoms with Gasteiger partial charge in [0.2, 0.25) is 12.3 Å². The molecule has 2 rings (SSSR count). The van der Waals surface area contributed by atoms with E-state index in [1.807, 2.05) is 36.9 Å². The summed E-state index contributed by atoms with van der Waals surface area (Å²) >= 11 is 0. The van der Waals surface area contributed by atoms with Crippen LogP contribution in [-0.4, -0.2) is 54.8 Å². The lowest BCUT2D eigenvalue weighted by molar-refractivity contribution is -0.137. The summed E-state index contributed by atoms with van der Waals surface area (Å²) in [6.45, 7) is 6.41. The van der Waals surface area contributed by atoms with Crippen molar-refractivity contribution >= 4 is 12.3 Å². The third-order valence-corrected chi connectivity index (χ3v) is 5.38. The zero-order valence-corrected chi connectivity index (χ0v) is 15.6. The van der Waals surface area contributed by atoms with E-state index in [1.165, 1.54) is 0 Å². The lowest BCUT2D eigenvalue weighted by Gasteiger charge is -2.39. The zero-order chi connectivity index (χ0) is 18.2. The third-order valence-electron chi connectivity index (χ3n) is 5.38. The Hall–Kier alpha value is -1.88. The largest absolute Gasteiger partial charge is 0.352 e. The first-order valence-electron chi connectivity index (χ1n) is 9.34. The van der Waals surface area contributed by atoms with Gasteiger partial charge in [-0.25, -0.2) is 0 Å². The van der Waals surface area contributed by atoms with Crippen molar-refractivity contribution in [2.45, 2.75) is 45.2 Å². The van der Waals surface area contributed by atoms with Gasteiger partial charge >= 0.3 is 0 Å². The van der Waals surface area contributed by atoms with E-state index in [0.717, 1.165) is 50.9 Å². The second-order valence-electron chi connectivity index (χ2n) is 6.86. The quantitative estimate of drug-likeness (QED) is 0.736. The number of hydrogen-bond acceptors (Lipinski definition) is 3. The molecule has 0 aromatic heterocycles. The van der Waals surface area contributed by atoms with E-state index >= 15 is 0 Å². The maximum atomic E-state index is 12.6. The van der Waals surface area contributed by atoms with E-state index in [0.29, 0.717) is 6.04 Å². The van der Waals surface area contributed by atoms with Crippen molar-refractivity contribution in [2.75, 3.05) is 26.7 Å². The highest BCUT2D eigenvalue weighted by Crippen LogP contribution is 2.29. The predicted octanol–water partition coefficient (Wildman–Crippen LogP) is 2.44. The van der Waals surface area contributed by atoms with Gasteiger partial charge < -0.3 is 15.1 Å². The van der Waals surface area contributed by atoms with Crippen molar-refractivity contribution in [1.82, 2.24) is 15.1 Å². The minimum atomic E-state index is 0.0150. The van der Waals surface area contributed by atoms with Crippen LogP contribution in [-0.2, 0) is 9.59 Å². The van der Waals surface area contributed by atoms with Crippen molar-refractivity contribution in [3.63, 3.8) is 0 Å². The Labute approximate surface area is 151 Å². The van der Waals surface area contributed by atoms with E-state index in [4.69, 9.17) is 0 Å². The molecule has 0 spiro atoms. The van der Waals surface area contributed by atoms with Crippen molar-refractivity contribution in [2.24, 2.45) is 5.92 Å². The van der Waals surface area contributed by atoms with Gasteiger partial charge in [0.25, 0.3) is 0 Å². The summed E-state index contributed by atoms with van der Waals surface area (Å²) in [6.07, 6.45) is 3.56. The molecule has 1 saturated heterocycles. The Bertz CT molecular complexity index is 545. The molecule has 2 amide bonds. The highest BCUT2D eigenvalue weighted by atomic mass is 16.2. The molecule has 138 valence electrons. The lowest BCUT2D eigenvalue weighted by Crippen LogP contribution is -2.48. The average Bonchev–Trinajstić information content (AvgIpc) is 2.64. The molecule has 0 saturated carbocycles. The van der Waals surface area contributed by atoms with Crippen LogP contribution in [0, 0.1) is 5.92 Å². The maximum absolute atomic E-state index is 12.6. The fraction of sp³-hybridized carbons (Fsp3) is 0.600. The van der Waals surface area contributed by atoms with Crippen LogP contribution in [0.1, 0.15) is 44.7 Å². The molecular formula is C20H31N3O2. The molecule has 1 aromatic carbocycles. The Morgan fingerprint density at radius 2 is 1.96 bits per heavy atom. The van der Waals surface area contributed by atoms with Gasteiger partial charge in [-0.2, -0.15) is 0 Å². The van der Waals surface area contributed by atoms with Crippen LogP contribution in [0.2, 0.25) is 0 Å². The molecule has 3 unspecified atom stereocenters. The third kappa shape index (κ3) is 5.05. The monoisotopic (exact) mass is 345 g/mol. The molecule has 0 aliphatic carbocycles. The van der Waals surface area contributed by atoms with E-state index in [9.17, 15) is 9.59 Å². The number of likely N-dealkylation sites (tertiary alicyclic amines) is 1. The number of piperidine rings is 1. The molecule has 0 bridgehead atoms. The van der Waals surface area contributed by atoms with Crippen LogP contribution in [0.3, 0.4) is 0 Å². The molecule has 3 atom stereocenters. The number of benzene rings is 1. The van der Waals surface area contributed by atoms with Gasteiger partial charge in [0, 0.05) is 25.7 Å². The summed E-state index contributed by atoms with van der Waals surface area (Å²) in [6, 6.07) is 10.5. The average molecular weight is 345 g/mol. The van der Waals surface area contributed by atoms with Crippen molar-refractivity contribution in [3.05, 3.63) is 35.9 Å². The predicted molar refractivity (Wildman–Crippen MR) is 100 cm³/mol. The molecule has 25 heavy (non-hydrogen) atoms. The minimum absolute atomic E-state index is 0.0150. The lowest BCUT2D eigenvalue weighted by atomic mass is 9.87. The molecule has 0 radical (unpaired) electrons. The Morgan fingerprint density at radius 1 is 1.28 bits per heavy atom. The van der Waals surface area contributed by atoms with E-state index < -0.39 is 0 Å². The molecule has 1 aliphatic heterocycles. The van der Waals surface area contributed by atoms with E-state index in [1.54, 1.807) is 0 Å². The van der Waals surface area contributed by atoms with Crippen molar-refractivity contribution in [1.29, 1.82) is 0 Å². The van der Waals surface area contributed by atoms with Gasteiger partial charge in [-0.15, -0.1) is 0 Å². The topological polar surface area (TPSA) is 52.7 Å². The minimum Gasteiger partial charge on any atom is -0.352 e. The zero-order valence-electron chi connectivity index (χ0n) is 15.6. The Balaban J connectivity index is 1.98. The van der Waals surface area contributed by atoms with Crippen molar-refractivity contribution in [3.8, 4) is 0 Å². The summed E-state index contributed by atoms with van der Waals surface area (Å²) in [7, 11) is 2.09. The maximum Gasteiger partial charge on any atom is 0.226 e. The van der Waals surface area contributed by atoms with Crippen LogP contribution in [0.5, 0.6) is 0 Å². The molecule has 1 fully saturated rings. The van der Waals surface area contributed by atoms with Gasteiger partial charge in [-0.05, 0) is 45.7 Å². The van der Waals surface area contributed by atoms with Gasteiger partial charge in [-0.3, -0.25) is 9.59 Å². The number of hydrogen-bond donors (Lipinski definition) is 1. The second-order valence-corrected chi connectivity index (χ2v) is 6.86. The first-order chi connectivity index (χ1) is 12.1. The van der Waals surface area contributed by atoms with E-state index in [2.05, 4.69) is 29.4 Å². The van der Waals surface area contributed by atoms with Crippen LogP contribution >= 0.6 is 0 Å². The summed E-state index contributed by atoms with van der Waals surface area (Å²) in [5.74, 6) is 0.372. The van der Waals surface area contributed by atoms with E-state index in [-0.39, 0.29) is 17.9 Å². The Morgan fingerprint density at radius 3 is 2.52 bits per heavy atom. The summed E-state index contributed by atoms with van der Waals surface area (Å²) < 4.78 is 0. The molecule has 5 nitrogen and oxygen atoms in total. The highest BCUT2D eigenvalue weighted by molar-refractivity contribution is 5.79. The standard InChI is InChI=1S/C20H31N3O2/c1-4-23(5-2)20(25)17-11-12-18(22(3)14-17)13-19(21-15-24)16-9-7-6-8-10-16/h6-10,15,17-19H,4-5,11-14H2,1-3H3,(H,21,24). The van der Waals surface area contributed by atoms with Gasteiger partial charge in [0.05, 0.1) is 12.0 Å². The number of rotatable bonds is 8. The first kappa shape index (κ1) is 19.4. The van der Waals surface area contributed by atoms with Crippen LogP contribution in [0.4, 0.5) is 0 Å². The van der Waals surface area contributed by atoms with Crippen LogP contribution < -0.4 is 5.32 Å². The molecule has 5 heteroatoms. The SMILES string of the molecule is CCN(CC)C(=O)C1CCC(CC(NC=O)c2ccccc2)N(C)C1. The second kappa shape index (κ2) is 9.56. The number of amides is 2. The van der Waals surface area contributed by atoms with Gasteiger partial charge in [0.1, 0.15) is 0 Å². The fourth-order valence-electron chi connectivity index (χ4n) is 3.83. The summed E-state index contributed by atoms with van der Waals surface area (Å²) in [5.41, 5.74) is 1.13. The number of carbonyl (C=O) groups excluding carboxylic acids is 2. The fourth-order valence-corrected chi connectivity index (χ4v) is 3.83. The molecule has 1 aliphatic rings. The number of nitrogens with one attached hydrogen (secondary N) is 1. The molecular weight excluding hydrogens is 314 g/mol.